The van der Waals surface area contributed by atoms with Gasteiger partial charge in [-0.05, 0) is 19.3 Å². The van der Waals surface area contributed by atoms with E-state index in [0.29, 0.717) is 4.08 Å². The Kier molecular flexibility index (Phi) is 8.96. The van der Waals surface area contributed by atoms with Gasteiger partial charge in [0.05, 0.1) is 10.4 Å². The molecule has 1 aromatic rings. The summed E-state index contributed by atoms with van der Waals surface area (Å²) in [5.41, 5.74) is 0. The zero-order valence-corrected chi connectivity index (χ0v) is 16.6. The first kappa shape index (κ1) is 19.2. The lowest BCUT2D eigenvalue weighted by molar-refractivity contribution is 0.523. The smallest absolute Gasteiger partial charge is 0.0945 e. The van der Waals surface area contributed by atoms with E-state index >= 15 is 0 Å². The van der Waals surface area contributed by atoms with Crippen LogP contribution in [0, 0.1) is 0 Å². The maximum atomic E-state index is 4.15. The van der Waals surface area contributed by atoms with Crippen molar-refractivity contribution in [2.24, 2.45) is 0 Å². The van der Waals surface area contributed by atoms with Crippen LogP contribution in [0.1, 0.15) is 78.1 Å². The molecule has 0 aromatic carbocycles. The lowest BCUT2D eigenvalue weighted by atomic mass is 10.0. The highest BCUT2D eigenvalue weighted by Crippen LogP contribution is 2.53. The van der Waals surface area contributed by atoms with Crippen molar-refractivity contribution in [3.8, 4) is 0 Å². The summed E-state index contributed by atoms with van der Waals surface area (Å²) in [6, 6.07) is 0. The summed E-state index contributed by atoms with van der Waals surface area (Å²) in [5.74, 6) is 1.34. The maximum absolute atomic E-state index is 4.15. The molecule has 0 N–H and O–H groups in total. The molecule has 0 saturated carbocycles. The molecule has 2 atom stereocenters. The predicted molar refractivity (Wildman–Crippen MR) is 106 cm³/mol. The Balaban J connectivity index is 1.66. The van der Waals surface area contributed by atoms with Crippen LogP contribution in [0.2, 0.25) is 0 Å². The van der Waals surface area contributed by atoms with Crippen LogP contribution in [0.5, 0.6) is 0 Å². The number of aryl methyl sites for hydroxylation is 1. The van der Waals surface area contributed by atoms with Gasteiger partial charge in [0.25, 0.3) is 0 Å². The van der Waals surface area contributed by atoms with Gasteiger partial charge in [-0.25, -0.2) is 4.98 Å². The molecule has 4 heteroatoms. The van der Waals surface area contributed by atoms with Crippen LogP contribution in [0.25, 0.3) is 0 Å². The first-order valence-electron chi connectivity index (χ1n) is 9.51. The highest BCUT2D eigenvalue weighted by molar-refractivity contribution is 8.21. The molecule has 2 nitrogen and oxygen atoms in total. The van der Waals surface area contributed by atoms with Gasteiger partial charge in [0.1, 0.15) is 0 Å². The number of aromatic nitrogens is 2. The number of thioether (sulfide) groups is 2. The highest BCUT2D eigenvalue weighted by atomic mass is 32.2. The van der Waals surface area contributed by atoms with Crippen LogP contribution in [-0.4, -0.2) is 24.6 Å². The molecule has 2 rings (SSSR count). The molecule has 132 valence electrons. The second-order valence-corrected chi connectivity index (χ2v) is 10.4. The summed E-state index contributed by atoms with van der Waals surface area (Å²) >= 11 is 4.51. The van der Waals surface area contributed by atoms with E-state index in [1.807, 2.05) is 12.5 Å². The Morgan fingerprint density at radius 3 is 2.48 bits per heavy atom. The Hall–Kier alpha value is -0.0900. The van der Waals surface area contributed by atoms with Gasteiger partial charge in [0.15, 0.2) is 0 Å². The highest BCUT2D eigenvalue weighted by Gasteiger charge is 2.37. The van der Waals surface area contributed by atoms with Crippen molar-refractivity contribution in [3.05, 3.63) is 18.7 Å². The standard InChI is InChI=1S/C19H34N2S2/c1-3-4-5-6-7-8-9-11-19(22-16-18(2)23-19)12-10-14-21-15-13-20-17-21/h13,15,17-18H,3-12,14,16H2,1-2H3. The molecule has 1 aromatic heterocycles. The third-order valence-electron chi connectivity index (χ3n) is 4.69. The van der Waals surface area contributed by atoms with Gasteiger partial charge in [-0.3, -0.25) is 0 Å². The third-order valence-corrected chi connectivity index (χ3v) is 8.55. The van der Waals surface area contributed by atoms with Gasteiger partial charge in [0, 0.05) is 29.9 Å². The van der Waals surface area contributed by atoms with Crippen LogP contribution in [-0.2, 0) is 6.54 Å². The lowest BCUT2D eigenvalue weighted by Gasteiger charge is -2.28. The Bertz CT molecular complexity index is 408. The Morgan fingerprint density at radius 2 is 1.83 bits per heavy atom. The molecule has 2 heterocycles. The molecule has 0 bridgehead atoms. The molecule has 0 radical (unpaired) electrons. The van der Waals surface area contributed by atoms with Crippen molar-refractivity contribution < 1.29 is 0 Å². The molecule has 1 aliphatic rings. The quantitative estimate of drug-likeness (QED) is 0.406. The molecule has 1 saturated heterocycles. The summed E-state index contributed by atoms with van der Waals surface area (Å²) in [6.07, 6.45) is 19.9. The van der Waals surface area contributed by atoms with Crippen molar-refractivity contribution in [1.82, 2.24) is 9.55 Å². The van der Waals surface area contributed by atoms with Gasteiger partial charge in [-0.2, -0.15) is 0 Å². The summed E-state index contributed by atoms with van der Waals surface area (Å²) in [5, 5.41) is 0.831. The van der Waals surface area contributed by atoms with E-state index in [9.17, 15) is 0 Å². The average Bonchev–Trinajstić information content (AvgIpc) is 3.17. The second kappa shape index (κ2) is 10.7. The molecule has 2 unspecified atom stereocenters. The minimum Gasteiger partial charge on any atom is -0.337 e. The zero-order chi connectivity index (χ0) is 16.4. The third kappa shape index (κ3) is 7.13. The SMILES string of the molecule is CCCCCCCCCC1(CCCn2ccnc2)SCC(C)S1. The van der Waals surface area contributed by atoms with E-state index in [-0.39, 0.29) is 0 Å². The Labute approximate surface area is 151 Å². The van der Waals surface area contributed by atoms with Crippen LogP contribution >= 0.6 is 23.5 Å². The molecule has 1 aliphatic heterocycles. The molecule has 0 spiro atoms. The number of unbranched alkanes of at least 4 members (excludes halogenated alkanes) is 6. The molecule has 23 heavy (non-hydrogen) atoms. The van der Waals surface area contributed by atoms with Crippen molar-refractivity contribution in [2.45, 2.75) is 93.9 Å². The van der Waals surface area contributed by atoms with E-state index < -0.39 is 0 Å². The minimum absolute atomic E-state index is 0.503. The molecule has 0 amide bonds. The first-order chi connectivity index (χ1) is 11.2. The van der Waals surface area contributed by atoms with Gasteiger partial charge in [-0.15, -0.1) is 23.5 Å². The average molecular weight is 355 g/mol. The number of hydrogen-bond donors (Lipinski definition) is 0. The van der Waals surface area contributed by atoms with Gasteiger partial charge in [0.2, 0.25) is 0 Å². The van der Waals surface area contributed by atoms with Gasteiger partial charge >= 0.3 is 0 Å². The monoisotopic (exact) mass is 354 g/mol. The van der Waals surface area contributed by atoms with E-state index in [0.717, 1.165) is 11.8 Å². The largest absolute Gasteiger partial charge is 0.337 e. The van der Waals surface area contributed by atoms with Crippen LogP contribution in [0.15, 0.2) is 18.7 Å². The topological polar surface area (TPSA) is 17.8 Å². The summed E-state index contributed by atoms with van der Waals surface area (Å²) in [6.45, 7) is 5.82. The molecular weight excluding hydrogens is 320 g/mol. The maximum Gasteiger partial charge on any atom is 0.0945 e. The second-order valence-electron chi connectivity index (χ2n) is 6.93. The van der Waals surface area contributed by atoms with Gasteiger partial charge in [-0.1, -0.05) is 58.8 Å². The summed E-state index contributed by atoms with van der Waals surface area (Å²) < 4.78 is 2.72. The number of imidazole rings is 1. The molecule has 0 aliphatic carbocycles. The van der Waals surface area contributed by atoms with E-state index in [2.05, 4.69) is 53.1 Å². The number of rotatable bonds is 12. The summed E-state index contributed by atoms with van der Waals surface area (Å²) in [7, 11) is 0. The lowest BCUT2D eigenvalue weighted by Crippen LogP contribution is -2.18. The van der Waals surface area contributed by atoms with Crippen molar-refractivity contribution in [2.75, 3.05) is 5.75 Å². The van der Waals surface area contributed by atoms with Crippen molar-refractivity contribution >= 4 is 23.5 Å². The van der Waals surface area contributed by atoms with E-state index in [4.69, 9.17) is 0 Å². The van der Waals surface area contributed by atoms with Gasteiger partial charge < -0.3 is 4.57 Å². The molecule has 1 fully saturated rings. The van der Waals surface area contributed by atoms with Crippen molar-refractivity contribution in [1.29, 1.82) is 0 Å². The Morgan fingerprint density at radius 1 is 1.09 bits per heavy atom. The molecular formula is C19H34N2S2. The van der Waals surface area contributed by atoms with Crippen molar-refractivity contribution in [3.63, 3.8) is 0 Å². The van der Waals surface area contributed by atoms with Crippen LogP contribution < -0.4 is 0 Å². The minimum atomic E-state index is 0.503. The predicted octanol–water partition coefficient (Wildman–Crippen LogP) is 6.37. The first-order valence-corrected chi connectivity index (χ1v) is 11.4. The van der Waals surface area contributed by atoms with E-state index in [1.54, 1.807) is 0 Å². The number of nitrogens with zero attached hydrogens (tertiary/aromatic N) is 2. The fourth-order valence-corrected chi connectivity index (χ4v) is 7.21. The number of hydrogen-bond acceptors (Lipinski definition) is 3. The fourth-order valence-electron chi connectivity index (χ4n) is 3.39. The summed E-state index contributed by atoms with van der Waals surface area (Å²) in [4.78, 5) is 4.15. The van der Waals surface area contributed by atoms with E-state index in [1.165, 1.54) is 70.0 Å². The zero-order valence-electron chi connectivity index (χ0n) is 15.0. The normalized spacial score (nSPS) is 24.3. The fraction of sp³-hybridized carbons (Fsp3) is 0.842. The van der Waals surface area contributed by atoms with Crippen LogP contribution in [0.3, 0.4) is 0 Å². The van der Waals surface area contributed by atoms with Crippen LogP contribution in [0.4, 0.5) is 0 Å².